The van der Waals surface area contributed by atoms with E-state index in [1.165, 1.54) is 12.1 Å². The van der Waals surface area contributed by atoms with E-state index in [9.17, 15) is 4.39 Å². The lowest BCUT2D eigenvalue weighted by atomic mass is 10.1. The molecule has 1 aliphatic heterocycles. The van der Waals surface area contributed by atoms with E-state index in [0.29, 0.717) is 6.10 Å². The Kier molecular flexibility index (Phi) is 12.6. The molecule has 0 amide bonds. The zero-order valence-electron chi connectivity index (χ0n) is 15.5. The normalized spacial score (nSPS) is 15.4. The van der Waals surface area contributed by atoms with Gasteiger partial charge in [-0.1, -0.05) is 12.1 Å². The lowest BCUT2D eigenvalue weighted by molar-refractivity contribution is -0.0318. The number of halogens is 2. The number of hydrogen-bond donors (Lipinski definition) is 2. The van der Waals surface area contributed by atoms with Gasteiger partial charge in [0.25, 0.3) is 0 Å². The van der Waals surface area contributed by atoms with Crippen molar-refractivity contribution in [3.8, 4) is 0 Å². The third kappa shape index (κ3) is 9.68. The molecule has 26 heavy (non-hydrogen) atoms. The average Bonchev–Trinajstić information content (AvgIpc) is 2.64. The summed E-state index contributed by atoms with van der Waals surface area (Å²) >= 11 is 0. The van der Waals surface area contributed by atoms with Crippen molar-refractivity contribution in [2.45, 2.75) is 38.7 Å². The van der Waals surface area contributed by atoms with Crippen LogP contribution in [0, 0.1) is 5.82 Å². The van der Waals surface area contributed by atoms with Gasteiger partial charge < -0.3 is 20.1 Å². The Morgan fingerprint density at radius 3 is 2.65 bits per heavy atom. The lowest BCUT2D eigenvalue weighted by Gasteiger charge is -2.22. The second kappa shape index (κ2) is 14.2. The molecule has 2 N–H and O–H groups in total. The first-order valence-electron chi connectivity index (χ1n) is 9.24. The third-order valence-electron chi connectivity index (χ3n) is 4.06. The Morgan fingerprint density at radius 2 is 1.96 bits per heavy atom. The quantitative estimate of drug-likeness (QED) is 0.248. The number of rotatable bonds is 9. The fraction of sp³-hybridized carbons (Fsp3) is 0.632. The molecule has 0 bridgehead atoms. The Labute approximate surface area is 173 Å². The number of benzene rings is 1. The van der Waals surface area contributed by atoms with E-state index in [1.807, 2.05) is 19.1 Å². The van der Waals surface area contributed by atoms with E-state index in [1.54, 1.807) is 0 Å². The van der Waals surface area contributed by atoms with Gasteiger partial charge in [0.2, 0.25) is 0 Å². The van der Waals surface area contributed by atoms with Crippen LogP contribution in [0.2, 0.25) is 0 Å². The van der Waals surface area contributed by atoms with Gasteiger partial charge in [-0.3, -0.25) is 4.99 Å². The number of aliphatic imine (C=N–C) groups is 1. The van der Waals surface area contributed by atoms with Crippen molar-refractivity contribution in [3.63, 3.8) is 0 Å². The summed E-state index contributed by atoms with van der Waals surface area (Å²) in [6, 6.07) is 6.61. The topological polar surface area (TPSA) is 54.9 Å². The number of nitrogens with one attached hydrogen (secondary N) is 2. The molecule has 0 atom stereocenters. The van der Waals surface area contributed by atoms with Gasteiger partial charge in [0, 0.05) is 39.5 Å². The van der Waals surface area contributed by atoms with Crippen molar-refractivity contribution in [3.05, 3.63) is 35.6 Å². The van der Waals surface area contributed by atoms with Crippen LogP contribution in [0.1, 0.15) is 31.7 Å². The van der Waals surface area contributed by atoms with Crippen molar-refractivity contribution in [2.24, 2.45) is 4.99 Å². The summed E-state index contributed by atoms with van der Waals surface area (Å²) in [6.45, 7) is 6.72. The van der Waals surface area contributed by atoms with Gasteiger partial charge in [0.1, 0.15) is 5.82 Å². The molecule has 1 aromatic rings. The first-order chi connectivity index (χ1) is 12.3. The predicted octanol–water partition coefficient (Wildman–Crippen LogP) is 3.13. The van der Waals surface area contributed by atoms with Crippen molar-refractivity contribution >= 4 is 29.9 Å². The highest BCUT2D eigenvalue weighted by atomic mass is 127. The molecule has 0 spiro atoms. The van der Waals surface area contributed by atoms with Crippen molar-refractivity contribution < 1.29 is 13.9 Å². The van der Waals surface area contributed by atoms with Crippen LogP contribution >= 0.6 is 24.0 Å². The molecule has 1 saturated heterocycles. The van der Waals surface area contributed by atoms with E-state index in [4.69, 9.17) is 9.47 Å². The van der Waals surface area contributed by atoms with Crippen LogP contribution in [0.4, 0.5) is 4.39 Å². The first-order valence-corrected chi connectivity index (χ1v) is 9.24. The van der Waals surface area contributed by atoms with Gasteiger partial charge in [-0.2, -0.15) is 0 Å². The monoisotopic (exact) mass is 479 g/mol. The van der Waals surface area contributed by atoms with E-state index in [-0.39, 0.29) is 29.8 Å². The molecule has 7 heteroatoms. The molecule has 1 heterocycles. The second-order valence-corrected chi connectivity index (χ2v) is 6.10. The maximum absolute atomic E-state index is 12.9. The molecule has 0 aliphatic carbocycles. The number of guanidine groups is 1. The van der Waals surface area contributed by atoms with Crippen LogP contribution in [0.15, 0.2) is 29.3 Å². The van der Waals surface area contributed by atoms with Crippen molar-refractivity contribution in [2.75, 3.05) is 39.5 Å². The van der Waals surface area contributed by atoms with E-state index >= 15 is 0 Å². The Bertz CT molecular complexity index is 508. The number of hydrogen-bond acceptors (Lipinski definition) is 3. The van der Waals surface area contributed by atoms with Gasteiger partial charge >= 0.3 is 0 Å². The Morgan fingerprint density at radius 1 is 1.23 bits per heavy atom. The molecule has 5 nitrogen and oxygen atoms in total. The molecule has 1 aliphatic rings. The summed E-state index contributed by atoms with van der Waals surface area (Å²) in [5.74, 6) is 0.616. The molecule has 1 aromatic carbocycles. The van der Waals surface area contributed by atoms with Crippen LogP contribution in [-0.2, 0) is 15.9 Å². The highest BCUT2D eigenvalue weighted by molar-refractivity contribution is 14.0. The largest absolute Gasteiger partial charge is 0.381 e. The molecule has 0 saturated carbocycles. The van der Waals surface area contributed by atoms with E-state index in [2.05, 4.69) is 15.6 Å². The summed E-state index contributed by atoms with van der Waals surface area (Å²) in [5, 5.41) is 6.55. The minimum absolute atomic E-state index is 0. The molecule has 1 fully saturated rings. The molecular weight excluding hydrogens is 448 g/mol. The highest BCUT2D eigenvalue weighted by Gasteiger charge is 2.13. The minimum atomic E-state index is -0.199. The third-order valence-corrected chi connectivity index (χ3v) is 4.06. The van der Waals surface area contributed by atoms with Crippen molar-refractivity contribution in [1.82, 2.24) is 10.6 Å². The van der Waals surface area contributed by atoms with Crippen LogP contribution in [0.5, 0.6) is 0 Å². The number of nitrogens with zero attached hydrogens (tertiary/aromatic N) is 1. The smallest absolute Gasteiger partial charge is 0.191 e. The summed E-state index contributed by atoms with van der Waals surface area (Å²) in [6.07, 6.45) is 4.08. The lowest BCUT2D eigenvalue weighted by Crippen LogP contribution is -2.38. The maximum atomic E-state index is 12.9. The highest BCUT2D eigenvalue weighted by Crippen LogP contribution is 2.10. The molecule has 0 radical (unpaired) electrons. The molecule has 2 rings (SSSR count). The predicted molar refractivity (Wildman–Crippen MR) is 114 cm³/mol. The standard InChI is InChI=1S/C19H30FN3O2.HI/c1-2-21-19(23-12-8-16-4-6-17(20)7-5-16)22-11-3-13-25-18-9-14-24-15-10-18;/h4-7,18H,2-3,8-15H2,1H3,(H2,21,22,23);1H. The second-order valence-electron chi connectivity index (χ2n) is 6.10. The molecule has 0 unspecified atom stereocenters. The summed E-state index contributed by atoms with van der Waals surface area (Å²) < 4.78 is 24.1. The van der Waals surface area contributed by atoms with Gasteiger partial charge in [-0.15, -0.1) is 24.0 Å². The van der Waals surface area contributed by atoms with Crippen LogP contribution in [0.3, 0.4) is 0 Å². The van der Waals surface area contributed by atoms with Gasteiger partial charge in [-0.05, 0) is 50.3 Å². The Balaban J connectivity index is 0.00000338. The number of ether oxygens (including phenoxy) is 2. The molecular formula is C19H31FIN3O2. The first kappa shape index (κ1) is 23.1. The van der Waals surface area contributed by atoms with Crippen LogP contribution in [0.25, 0.3) is 0 Å². The van der Waals surface area contributed by atoms with Crippen LogP contribution in [-0.4, -0.2) is 51.5 Å². The maximum Gasteiger partial charge on any atom is 0.191 e. The van der Waals surface area contributed by atoms with Gasteiger partial charge in [0.05, 0.1) is 6.10 Å². The summed E-state index contributed by atoms with van der Waals surface area (Å²) in [7, 11) is 0. The SMILES string of the molecule is CCNC(=NCCCOC1CCOCC1)NCCc1ccc(F)cc1.I. The van der Waals surface area contributed by atoms with E-state index < -0.39 is 0 Å². The van der Waals surface area contributed by atoms with Gasteiger partial charge in [-0.25, -0.2) is 4.39 Å². The molecule has 0 aromatic heterocycles. The van der Waals surface area contributed by atoms with Crippen LogP contribution < -0.4 is 10.6 Å². The summed E-state index contributed by atoms with van der Waals surface area (Å²) in [4.78, 5) is 4.57. The van der Waals surface area contributed by atoms with Gasteiger partial charge in [0.15, 0.2) is 5.96 Å². The average molecular weight is 479 g/mol. The van der Waals surface area contributed by atoms with Crippen molar-refractivity contribution in [1.29, 1.82) is 0 Å². The Hall–Kier alpha value is -0.930. The minimum Gasteiger partial charge on any atom is -0.381 e. The summed E-state index contributed by atoms with van der Waals surface area (Å²) in [5.41, 5.74) is 1.11. The van der Waals surface area contributed by atoms with E-state index in [0.717, 1.165) is 76.7 Å². The molecule has 148 valence electrons. The zero-order valence-corrected chi connectivity index (χ0v) is 17.8. The fourth-order valence-electron chi connectivity index (χ4n) is 2.67. The fourth-order valence-corrected chi connectivity index (χ4v) is 2.67. The zero-order chi connectivity index (χ0) is 17.7.